The molecule has 0 aromatic carbocycles. The molecule has 0 saturated carbocycles. The van der Waals surface area contributed by atoms with Gasteiger partial charge in [0.1, 0.15) is 17.9 Å². The first-order chi connectivity index (χ1) is 13.4. The summed E-state index contributed by atoms with van der Waals surface area (Å²) in [6.45, 7) is 0. The fourth-order valence-electron chi connectivity index (χ4n) is 3.02. The molecule has 13 heteroatoms. The van der Waals surface area contributed by atoms with E-state index >= 15 is 0 Å². The van der Waals surface area contributed by atoms with Gasteiger partial charge in [-0.3, -0.25) is 9.36 Å². The van der Waals surface area contributed by atoms with Crippen LogP contribution < -0.4 is 16.0 Å². The summed E-state index contributed by atoms with van der Waals surface area (Å²) in [6.07, 6.45) is -0.280. The third kappa shape index (κ3) is 4.16. The molecular formula is C15H21I2N7O4. The van der Waals surface area contributed by atoms with Crippen LogP contribution in [0.3, 0.4) is 0 Å². The van der Waals surface area contributed by atoms with Gasteiger partial charge in [0.25, 0.3) is 0 Å². The third-order valence-electron chi connectivity index (χ3n) is 4.34. The molecule has 1 saturated heterocycles. The maximum absolute atomic E-state index is 12.1. The predicted molar refractivity (Wildman–Crippen MR) is 120 cm³/mol. The zero-order valence-electron chi connectivity index (χ0n) is 15.7. The molecule has 1 aliphatic rings. The molecule has 0 radical (unpaired) electrons. The number of nitrogens with one attached hydrogen (secondary N) is 1. The first-order valence-electron chi connectivity index (χ1n) is 8.09. The van der Waals surface area contributed by atoms with Crippen molar-refractivity contribution in [3.05, 3.63) is 6.33 Å². The van der Waals surface area contributed by atoms with Crippen molar-refractivity contribution >= 4 is 72.4 Å². The predicted octanol–water partition coefficient (Wildman–Crippen LogP) is 0.719. The van der Waals surface area contributed by atoms with Crippen LogP contribution in [-0.2, 0) is 19.1 Å². The van der Waals surface area contributed by atoms with Crippen molar-refractivity contribution in [1.29, 1.82) is 0 Å². The molecule has 2 aromatic heterocycles. The number of aromatic nitrogens is 4. The van der Waals surface area contributed by atoms with Crippen LogP contribution in [-0.4, -0.2) is 72.2 Å². The maximum atomic E-state index is 12.1. The third-order valence-corrected chi connectivity index (χ3v) is 4.34. The summed E-state index contributed by atoms with van der Waals surface area (Å²) >= 11 is 4.24. The Labute approximate surface area is 185 Å². The van der Waals surface area contributed by atoms with Crippen LogP contribution in [0.25, 0.3) is 11.2 Å². The number of rotatable bonds is 5. The van der Waals surface area contributed by atoms with E-state index in [-0.39, 0.29) is 5.82 Å². The average Bonchev–Trinajstić information content (AvgIpc) is 3.29. The number of aldehydes is 1. The smallest absolute Gasteiger partial charge is 0.249 e. The lowest BCUT2D eigenvalue weighted by atomic mass is 9.99. The monoisotopic (exact) mass is 617 g/mol. The molecular weight excluding hydrogens is 596 g/mol. The van der Waals surface area contributed by atoms with Gasteiger partial charge in [-0.1, -0.05) is 0 Å². The fourth-order valence-corrected chi connectivity index (χ4v) is 3.02. The Hall–Kier alpha value is -1.33. The Balaban J connectivity index is 0.00000136. The Morgan fingerprint density at radius 3 is 2.64 bits per heavy atom. The Kier molecular flexibility index (Phi) is 8.14. The van der Waals surface area contributed by atoms with Crippen LogP contribution in [0, 0.1) is 5.92 Å². The zero-order chi connectivity index (χ0) is 21.0. The summed E-state index contributed by atoms with van der Waals surface area (Å²) < 4.78 is 12.9. The lowest BCUT2D eigenvalue weighted by molar-refractivity contribution is -0.137. The number of nitrogen functional groups attached to an aromatic ring is 1. The molecule has 0 spiro atoms. The van der Waals surface area contributed by atoms with Crippen LogP contribution in [0.2, 0.25) is 0 Å². The number of amides is 1. The van der Waals surface area contributed by atoms with Gasteiger partial charge >= 0.3 is 0 Å². The van der Waals surface area contributed by atoms with Crippen molar-refractivity contribution in [3.8, 4) is 0 Å². The molecule has 3 rings (SSSR count). The number of carbonyl (C=O) groups excluding carboxylic acids is 2. The van der Waals surface area contributed by atoms with E-state index in [1.54, 1.807) is 23.6 Å². The molecule has 3 N–H and O–H groups in total. The van der Waals surface area contributed by atoms with E-state index in [2.05, 4.69) is 57.5 Å². The number of likely N-dealkylation sites (N-methyl/N-ethyl adjacent to an activating group) is 1. The summed E-state index contributed by atoms with van der Waals surface area (Å²) in [5.74, 6) is -0.549. The number of halogens is 2. The SMILES string of the molecule is CNC(=O)[C@H]1OC(n2cnc3c(N)nc(N(C)C)nc32)C(OC)C1C=O.II. The van der Waals surface area contributed by atoms with Crippen molar-refractivity contribution in [2.24, 2.45) is 5.92 Å². The topological polar surface area (TPSA) is 137 Å². The van der Waals surface area contributed by atoms with Crippen LogP contribution >= 0.6 is 37.2 Å². The van der Waals surface area contributed by atoms with Gasteiger partial charge in [0.2, 0.25) is 11.9 Å². The molecule has 1 amide bonds. The number of hydrogen-bond acceptors (Lipinski definition) is 9. The molecule has 154 valence electrons. The lowest BCUT2D eigenvalue weighted by Gasteiger charge is -2.20. The highest BCUT2D eigenvalue weighted by Crippen LogP contribution is 2.37. The highest BCUT2D eigenvalue weighted by Gasteiger charge is 2.49. The number of fused-ring (bicyclic) bond motifs is 1. The Morgan fingerprint density at radius 2 is 2.11 bits per heavy atom. The van der Waals surface area contributed by atoms with Crippen LogP contribution in [0.4, 0.5) is 11.8 Å². The van der Waals surface area contributed by atoms with Crippen molar-refractivity contribution in [3.63, 3.8) is 0 Å². The van der Waals surface area contributed by atoms with E-state index in [1.165, 1.54) is 20.5 Å². The van der Waals surface area contributed by atoms with Gasteiger partial charge in [-0.05, 0) is 0 Å². The molecule has 0 aliphatic carbocycles. The van der Waals surface area contributed by atoms with Crippen LogP contribution in [0.1, 0.15) is 6.23 Å². The largest absolute Gasteiger partial charge is 0.382 e. The first kappa shape index (κ1) is 23.0. The highest BCUT2D eigenvalue weighted by molar-refractivity contribution is 15.0. The number of carbonyl (C=O) groups is 2. The number of anilines is 2. The van der Waals surface area contributed by atoms with E-state index in [0.717, 1.165) is 0 Å². The van der Waals surface area contributed by atoms with E-state index in [4.69, 9.17) is 15.2 Å². The lowest BCUT2D eigenvalue weighted by Crippen LogP contribution is -2.38. The molecule has 2 aromatic rings. The van der Waals surface area contributed by atoms with Gasteiger partial charge in [-0.15, -0.1) is 0 Å². The van der Waals surface area contributed by atoms with Gasteiger partial charge < -0.3 is 30.2 Å². The summed E-state index contributed by atoms with van der Waals surface area (Å²) in [4.78, 5) is 38.3. The summed E-state index contributed by atoms with van der Waals surface area (Å²) in [5, 5.41) is 2.50. The minimum Gasteiger partial charge on any atom is -0.382 e. The Morgan fingerprint density at radius 1 is 1.43 bits per heavy atom. The minimum atomic E-state index is -0.975. The van der Waals surface area contributed by atoms with Gasteiger partial charge in [0, 0.05) is 65.5 Å². The summed E-state index contributed by atoms with van der Waals surface area (Å²) in [6, 6.07) is 0. The van der Waals surface area contributed by atoms with Crippen molar-refractivity contribution in [2.75, 3.05) is 38.9 Å². The van der Waals surface area contributed by atoms with E-state index in [0.29, 0.717) is 23.4 Å². The highest BCUT2D eigenvalue weighted by atomic mass is 128. The number of imidazole rings is 1. The minimum absolute atomic E-state index is 0.221. The summed E-state index contributed by atoms with van der Waals surface area (Å²) in [7, 11) is 6.51. The second-order valence-electron chi connectivity index (χ2n) is 6.10. The summed E-state index contributed by atoms with van der Waals surface area (Å²) in [5.41, 5.74) is 6.81. The average molecular weight is 617 g/mol. The standard InChI is InChI=1S/C15H21N7O4.I2/c1-17-13(24)9-7(5-23)10(25-4)14(26-9)22-6-18-8-11(16)19-15(21(2)3)20-12(8)22;1-2/h5-7,9-10,14H,1-4H3,(H,17,24)(H2,16,19,20);/t7?,9-,10?,14?;/m0./s1. The van der Waals surface area contributed by atoms with Crippen LogP contribution in [0.15, 0.2) is 6.33 Å². The second-order valence-corrected chi connectivity index (χ2v) is 6.10. The number of hydrogen-bond donors (Lipinski definition) is 2. The fraction of sp³-hybridized carbons (Fsp3) is 0.533. The van der Waals surface area contributed by atoms with Gasteiger partial charge in [0.15, 0.2) is 23.8 Å². The number of methoxy groups -OCH3 is 1. The Bertz CT molecular complexity index is 847. The van der Waals surface area contributed by atoms with Crippen molar-refractivity contribution in [1.82, 2.24) is 24.8 Å². The zero-order valence-corrected chi connectivity index (χ0v) is 20.0. The first-order valence-corrected chi connectivity index (χ1v) is 14.4. The number of nitrogens with two attached hydrogens (primary N) is 1. The quantitative estimate of drug-likeness (QED) is 0.368. The van der Waals surface area contributed by atoms with Gasteiger partial charge in [-0.2, -0.15) is 9.97 Å². The molecule has 4 atom stereocenters. The van der Waals surface area contributed by atoms with E-state index in [1.807, 2.05) is 0 Å². The maximum Gasteiger partial charge on any atom is 0.249 e. The molecule has 11 nitrogen and oxygen atoms in total. The van der Waals surface area contributed by atoms with Crippen molar-refractivity contribution in [2.45, 2.75) is 18.4 Å². The van der Waals surface area contributed by atoms with E-state index < -0.39 is 30.3 Å². The van der Waals surface area contributed by atoms with E-state index in [9.17, 15) is 9.59 Å². The van der Waals surface area contributed by atoms with Crippen LogP contribution in [0.5, 0.6) is 0 Å². The van der Waals surface area contributed by atoms with Gasteiger partial charge in [-0.25, -0.2) is 4.98 Å². The molecule has 0 bridgehead atoms. The molecule has 28 heavy (non-hydrogen) atoms. The van der Waals surface area contributed by atoms with Crippen molar-refractivity contribution < 1.29 is 19.1 Å². The molecule has 3 heterocycles. The molecule has 3 unspecified atom stereocenters. The molecule has 1 aliphatic heterocycles. The normalized spacial score (nSPS) is 23.8. The number of ether oxygens (including phenoxy) is 2. The molecule has 1 fully saturated rings. The number of nitrogens with zero attached hydrogens (tertiary/aromatic N) is 5. The van der Waals surface area contributed by atoms with Gasteiger partial charge in [0.05, 0.1) is 12.2 Å². The second kappa shape index (κ2) is 9.93.